The molecule has 0 aromatic heterocycles. The molecule has 0 saturated heterocycles. The zero-order chi connectivity index (χ0) is 20.2. The van der Waals surface area contributed by atoms with Gasteiger partial charge in [-0.05, 0) is 37.3 Å². The van der Waals surface area contributed by atoms with Gasteiger partial charge in [0.1, 0.15) is 18.2 Å². The van der Waals surface area contributed by atoms with E-state index in [2.05, 4.69) is 0 Å². The Morgan fingerprint density at radius 3 is 2.41 bits per heavy atom. The molecule has 2 aromatic rings. The van der Waals surface area contributed by atoms with Crippen LogP contribution in [0.4, 0.5) is 18.9 Å². The number of halogens is 5. The number of hydrogen-bond donors (Lipinski definition) is 0. The molecule has 0 fully saturated rings. The largest absolute Gasteiger partial charge is 0.516 e. The summed E-state index contributed by atoms with van der Waals surface area (Å²) >= 11 is 11.8. The third-order valence-electron chi connectivity index (χ3n) is 3.22. The maximum atomic E-state index is 13.0. The third-order valence-corrected chi connectivity index (χ3v) is 5.23. The first-order valence-corrected chi connectivity index (χ1v) is 9.65. The Bertz CT molecular complexity index is 907. The lowest BCUT2D eigenvalue weighted by Gasteiger charge is -2.25. The molecule has 0 aliphatic carbocycles. The highest BCUT2D eigenvalue weighted by Crippen LogP contribution is 2.35. The van der Waals surface area contributed by atoms with E-state index in [1.807, 2.05) is 0 Å². The van der Waals surface area contributed by atoms with Crippen LogP contribution in [0.3, 0.4) is 0 Å². The van der Waals surface area contributed by atoms with E-state index in [1.54, 1.807) is 0 Å². The van der Waals surface area contributed by atoms with Crippen LogP contribution in [0.2, 0.25) is 10.0 Å². The molecule has 0 aliphatic rings. The molecule has 148 valence electrons. The summed E-state index contributed by atoms with van der Waals surface area (Å²) in [4.78, 5) is 0. The first kappa shape index (κ1) is 21.6. The fourth-order valence-corrected chi connectivity index (χ4v) is 3.27. The van der Waals surface area contributed by atoms with E-state index in [-0.39, 0.29) is 33.1 Å². The van der Waals surface area contributed by atoms with Crippen molar-refractivity contribution < 1.29 is 31.1 Å². The highest BCUT2D eigenvalue weighted by molar-refractivity contribution is 7.93. The second kappa shape index (κ2) is 8.55. The van der Waals surface area contributed by atoms with Gasteiger partial charge in [-0.1, -0.05) is 29.3 Å². The van der Waals surface area contributed by atoms with E-state index >= 15 is 0 Å². The van der Waals surface area contributed by atoms with Crippen molar-refractivity contribution in [2.24, 2.45) is 0 Å². The average Bonchev–Trinajstić information content (AvgIpc) is 2.57. The summed E-state index contributed by atoms with van der Waals surface area (Å²) in [7, 11) is -5.66. The van der Waals surface area contributed by atoms with Gasteiger partial charge < -0.3 is 9.47 Å². The van der Waals surface area contributed by atoms with Gasteiger partial charge in [0.15, 0.2) is 0 Å². The standard InChI is InChI=1S/C16H14Cl2F3NO4S/c1-2-25-10-22(27(23,24)16(19,20)21)12-4-3-5-13(9-12)26-15-7-6-11(17)8-14(15)18/h3-9H,2,10H2,1H3. The third kappa shape index (κ3) is 5.19. The van der Waals surface area contributed by atoms with Gasteiger partial charge in [0.2, 0.25) is 0 Å². The second-order valence-corrected chi connectivity index (χ2v) is 7.79. The Labute approximate surface area is 164 Å². The zero-order valence-electron chi connectivity index (χ0n) is 13.8. The summed E-state index contributed by atoms with van der Waals surface area (Å²) in [6.07, 6.45) is 0. The minimum Gasteiger partial charge on any atom is -0.456 e. The molecule has 0 spiro atoms. The number of rotatable bonds is 7. The quantitative estimate of drug-likeness (QED) is 0.534. The smallest absolute Gasteiger partial charge is 0.456 e. The van der Waals surface area contributed by atoms with Crippen LogP contribution < -0.4 is 9.04 Å². The second-order valence-electron chi connectivity index (χ2n) is 5.10. The van der Waals surface area contributed by atoms with Crippen molar-refractivity contribution in [3.05, 3.63) is 52.5 Å². The molecule has 0 radical (unpaired) electrons. The zero-order valence-corrected chi connectivity index (χ0v) is 16.2. The Morgan fingerprint density at radius 2 is 1.81 bits per heavy atom. The fourth-order valence-electron chi connectivity index (χ4n) is 1.97. The van der Waals surface area contributed by atoms with E-state index in [4.69, 9.17) is 32.7 Å². The molecule has 0 atom stereocenters. The molecule has 11 heteroatoms. The van der Waals surface area contributed by atoms with Crippen LogP contribution in [0, 0.1) is 0 Å². The lowest BCUT2D eigenvalue weighted by molar-refractivity contribution is -0.0445. The molecule has 27 heavy (non-hydrogen) atoms. The van der Waals surface area contributed by atoms with Crippen molar-refractivity contribution in [2.45, 2.75) is 12.4 Å². The summed E-state index contributed by atoms with van der Waals surface area (Å²) in [5.41, 5.74) is -5.76. The predicted octanol–water partition coefficient (Wildman–Crippen LogP) is 5.44. The minimum absolute atomic E-state index is 0.0282. The highest BCUT2D eigenvalue weighted by atomic mass is 35.5. The number of benzene rings is 2. The normalized spacial score (nSPS) is 12.1. The Kier molecular flexibility index (Phi) is 6.85. The topological polar surface area (TPSA) is 55.8 Å². The number of sulfonamides is 1. The fraction of sp³-hybridized carbons (Fsp3) is 0.250. The van der Waals surface area contributed by atoms with Gasteiger partial charge in [-0.2, -0.15) is 21.6 Å². The molecule has 5 nitrogen and oxygen atoms in total. The molecule has 0 amide bonds. The van der Waals surface area contributed by atoms with Crippen molar-refractivity contribution >= 4 is 38.9 Å². The van der Waals surface area contributed by atoms with Crippen molar-refractivity contribution in [3.8, 4) is 11.5 Å². The van der Waals surface area contributed by atoms with Gasteiger partial charge in [0.05, 0.1) is 10.7 Å². The van der Waals surface area contributed by atoms with Gasteiger partial charge in [-0.25, -0.2) is 4.31 Å². The summed E-state index contributed by atoms with van der Waals surface area (Å²) < 4.78 is 73.2. The lowest BCUT2D eigenvalue weighted by atomic mass is 10.3. The number of nitrogens with zero attached hydrogens (tertiary/aromatic N) is 1. The van der Waals surface area contributed by atoms with Crippen molar-refractivity contribution in [1.29, 1.82) is 0 Å². The first-order valence-electron chi connectivity index (χ1n) is 7.46. The summed E-state index contributed by atoms with van der Waals surface area (Å²) in [6.45, 7) is 0.754. The van der Waals surface area contributed by atoms with E-state index in [9.17, 15) is 21.6 Å². The molecule has 0 unspecified atom stereocenters. The molecule has 0 aliphatic heterocycles. The van der Waals surface area contributed by atoms with Gasteiger partial charge >= 0.3 is 15.5 Å². The molecular formula is C16H14Cl2F3NO4S. The van der Waals surface area contributed by atoms with Gasteiger partial charge in [-0.15, -0.1) is 0 Å². The van der Waals surface area contributed by atoms with Gasteiger partial charge in [-0.3, -0.25) is 0 Å². The van der Waals surface area contributed by atoms with Crippen LogP contribution in [0.15, 0.2) is 42.5 Å². The maximum Gasteiger partial charge on any atom is 0.516 e. The maximum absolute atomic E-state index is 13.0. The predicted molar refractivity (Wildman–Crippen MR) is 96.9 cm³/mol. The Morgan fingerprint density at radius 1 is 1.11 bits per heavy atom. The van der Waals surface area contributed by atoms with Crippen LogP contribution in [-0.4, -0.2) is 27.3 Å². The minimum atomic E-state index is -5.66. The van der Waals surface area contributed by atoms with Crippen LogP contribution in [0.1, 0.15) is 6.92 Å². The molecule has 0 saturated carbocycles. The molecule has 0 bridgehead atoms. The van der Waals surface area contributed by atoms with Crippen LogP contribution >= 0.6 is 23.2 Å². The van der Waals surface area contributed by atoms with Crippen LogP contribution in [-0.2, 0) is 14.8 Å². The Hall–Kier alpha value is -1.68. The molecule has 0 heterocycles. The van der Waals surface area contributed by atoms with E-state index < -0.39 is 22.3 Å². The number of anilines is 1. The van der Waals surface area contributed by atoms with Crippen molar-refractivity contribution in [2.75, 3.05) is 17.6 Å². The number of alkyl halides is 3. The van der Waals surface area contributed by atoms with E-state index in [0.717, 1.165) is 6.07 Å². The number of ether oxygens (including phenoxy) is 2. The van der Waals surface area contributed by atoms with Crippen LogP contribution in [0.5, 0.6) is 11.5 Å². The summed E-state index contributed by atoms with van der Waals surface area (Å²) in [5, 5.41) is 0.558. The van der Waals surface area contributed by atoms with Crippen LogP contribution in [0.25, 0.3) is 0 Å². The molecule has 2 aromatic carbocycles. The molecular weight excluding hydrogens is 430 g/mol. The average molecular weight is 444 g/mol. The van der Waals surface area contributed by atoms with Crippen molar-refractivity contribution in [1.82, 2.24) is 0 Å². The monoisotopic (exact) mass is 443 g/mol. The van der Waals surface area contributed by atoms with E-state index in [0.29, 0.717) is 5.02 Å². The van der Waals surface area contributed by atoms with Gasteiger partial charge in [0.25, 0.3) is 0 Å². The van der Waals surface area contributed by atoms with Crippen molar-refractivity contribution in [3.63, 3.8) is 0 Å². The van der Waals surface area contributed by atoms with Gasteiger partial charge in [0, 0.05) is 17.7 Å². The lowest BCUT2D eigenvalue weighted by Crippen LogP contribution is -2.42. The highest BCUT2D eigenvalue weighted by Gasteiger charge is 2.50. The molecule has 2 rings (SSSR count). The van der Waals surface area contributed by atoms with E-state index in [1.165, 1.54) is 43.3 Å². The summed E-state index contributed by atoms with van der Waals surface area (Å²) in [5.74, 6) is 0.281. The molecule has 0 N–H and O–H groups in total. The Balaban J connectivity index is 2.39. The number of hydrogen-bond acceptors (Lipinski definition) is 4. The summed E-state index contributed by atoms with van der Waals surface area (Å²) in [6, 6.07) is 9.53. The first-order chi connectivity index (χ1) is 12.6. The SMILES string of the molecule is CCOCN(c1cccc(Oc2ccc(Cl)cc2Cl)c1)S(=O)(=O)C(F)(F)F.